The molecule has 1 aromatic carbocycles. The molecular formula is C17H15N3O4S. The number of carbonyl (C=O) groups excluding carboxylic acids is 2. The molecule has 0 fully saturated rings. The van der Waals surface area contributed by atoms with Gasteiger partial charge in [0.25, 0.3) is 0 Å². The van der Waals surface area contributed by atoms with Crippen LogP contribution in [0.4, 0.5) is 5.69 Å². The molecule has 8 heteroatoms. The highest BCUT2D eigenvalue weighted by Gasteiger charge is 2.34. The Bertz CT molecular complexity index is 873. The molecule has 3 rings (SSSR count). The molecule has 1 N–H and O–H groups in total. The van der Waals surface area contributed by atoms with E-state index in [0.717, 1.165) is 0 Å². The lowest BCUT2D eigenvalue weighted by molar-refractivity contribution is 0.0975. The second-order valence-electron chi connectivity index (χ2n) is 5.05. The van der Waals surface area contributed by atoms with Gasteiger partial charge in [-0.25, -0.2) is 9.97 Å². The summed E-state index contributed by atoms with van der Waals surface area (Å²) in [7, 11) is 3.07. The summed E-state index contributed by atoms with van der Waals surface area (Å²) in [6.07, 6.45) is 4.52. The van der Waals surface area contributed by atoms with Crippen molar-refractivity contribution >= 4 is 29.0 Å². The number of nitrogens with one attached hydrogen (secondary N) is 1. The van der Waals surface area contributed by atoms with Crippen LogP contribution in [0.1, 0.15) is 21.0 Å². The number of benzene rings is 1. The minimum absolute atomic E-state index is 0.0441. The summed E-state index contributed by atoms with van der Waals surface area (Å²) in [6, 6.07) is 5.12. The summed E-state index contributed by atoms with van der Waals surface area (Å²) >= 11 is 1.18. The normalized spacial score (nSPS) is 13.6. The number of fused-ring (bicyclic) bond motifs is 1. The third kappa shape index (κ3) is 3.08. The van der Waals surface area contributed by atoms with Gasteiger partial charge in [0, 0.05) is 36.3 Å². The summed E-state index contributed by atoms with van der Waals surface area (Å²) in [5, 5.41) is 3.01. The van der Waals surface area contributed by atoms with Crippen LogP contribution in [0.5, 0.6) is 11.5 Å². The molecule has 128 valence electrons. The number of allylic oxidation sites excluding steroid dienone is 2. The fourth-order valence-electron chi connectivity index (χ4n) is 2.45. The molecule has 1 aromatic heterocycles. The smallest absolute Gasteiger partial charge is 0.231 e. The Balaban J connectivity index is 2.07. The Morgan fingerprint density at radius 3 is 2.00 bits per heavy atom. The molecule has 0 unspecified atom stereocenters. The molecule has 0 spiro atoms. The van der Waals surface area contributed by atoms with Gasteiger partial charge in [0.1, 0.15) is 28.6 Å². The third-order valence-electron chi connectivity index (χ3n) is 3.61. The van der Waals surface area contributed by atoms with Crippen LogP contribution in [0.3, 0.4) is 0 Å². The van der Waals surface area contributed by atoms with Crippen LogP contribution in [0.2, 0.25) is 0 Å². The first-order chi connectivity index (χ1) is 12.1. The Labute approximate surface area is 148 Å². The second kappa shape index (κ2) is 6.94. The van der Waals surface area contributed by atoms with Crippen LogP contribution in [0.15, 0.2) is 41.2 Å². The van der Waals surface area contributed by atoms with Crippen molar-refractivity contribution in [3.8, 4) is 11.5 Å². The van der Waals surface area contributed by atoms with E-state index in [1.807, 2.05) is 0 Å². The van der Waals surface area contributed by atoms with Crippen molar-refractivity contribution in [3.05, 3.63) is 52.6 Å². The highest BCUT2D eigenvalue weighted by Crippen LogP contribution is 2.32. The van der Waals surface area contributed by atoms with E-state index in [4.69, 9.17) is 9.47 Å². The summed E-state index contributed by atoms with van der Waals surface area (Å²) in [5.74, 6) is 0.409. The van der Waals surface area contributed by atoms with Crippen LogP contribution < -0.4 is 14.8 Å². The Hall–Kier alpha value is -2.87. The molecule has 1 heterocycles. The number of nitrogens with zero attached hydrogens (tertiary/aromatic N) is 2. The molecule has 2 aromatic rings. The van der Waals surface area contributed by atoms with Gasteiger partial charge >= 0.3 is 0 Å². The van der Waals surface area contributed by atoms with Crippen molar-refractivity contribution in [1.29, 1.82) is 0 Å². The first-order valence-electron chi connectivity index (χ1n) is 7.27. The molecule has 0 atom stereocenters. The number of ketones is 2. The molecule has 7 nitrogen and oxygen atoms in total. The molecule has 0 saturated carbocycles. The summed E-state index contributed by atoms with van der Waals surface area (Å²) in [6.45, 7) is 0. The van der Waals surface area contributed by atoms with Crippen molar-refractivity contribution < 1.29 is 19.1 Å². The van der Waals surface area contributed by atoms with Gasteiger partial charge in [0.15, 0.2) is 0 Å². The molecule has 0 aliphatic heterocycles. The van der Waals surface area contributed by atoms with Gasteiger partial charge in [0.2, 0.25) is 11.6 Å². The maximum atomic E-state index is 12.8. The molecule has 0 bridgehead atoms. The standard InChI is InChI=1S/C17H15N3O4S/c1-23-10-6-9(7-11(8-10)24-2)20-14-15(21)12-13(19-5-4-18-12)16(22)17(14)25-3/h4-8,20H,1-3H3. The minimum atomic E-state index is -0.381. The average molecular weight is 357 g/mol. The highest BCUT2D eigenvalue weighted by molar-refractivity contribution is 8.03. The first-order valence-corrected chi connectivity index (χ1v) is 8.50. The van der Waals surface area contributed by atoms with Crippen LogP contribution in [0.25, 0.3) is 0 Å². The van der Waals surface area contributed by atoms with Gasteiger partial charge in [-0.15, -0.1) is 11.8 Å². The Kier molecular flexibility index (Phi) is 4.71. The van der Waals surface area contributed by atoms with Crippen LogP contribution >= 0.6 is 11.8 Å². The zero-order valence-electron chi connectivity index (χ0n) is 13.8. The number of rotatable bonds is 5. The van der Waals surface area contributed by atoms with E-state index >= 15 is 0 Å². The Morgan fingerprint density at radius 1 is 0.920 bits per heavy atom. The lowest BCUT2D eigenvalue weighted by atomic mass is 10.0. The van der Waals surface area contributed by atoms with Crippen molar-refractivity contribution in [3.63, 3.8) is 0 Å². The van der Waals surface area contributed by atoms with Gasteiger partial charge in [-0.2, -0.15) is 0 Å². The third-order valence-corrected chi connectivity index (χ3v) is 4.41. The first kappa shape index (κ1) is 17.0. The van der Waals surface area contributed by atoms with Crippen molar-refractivity contribution in [2.75, 3.05) is 25.8 Å². The van der Waals surface area contributed by atoms with Crippen molar-refractivity contribution in [2.45, 2.75) is 0 Å². The number of ether oxygens (including phenoxy) is 2. The van der Waals surface area contributed by atoms with Crippen molar-refractivity contribution in [1.82, 2.24) is 9.97 Å². The zero-order chi connectivity index (χ0) is 18.0. The number of Topliss-reactive ketones (excluding diaryl/α,β-unsaturated/α-hetero) is 2. The lowest BCUT2D eigenvalue weighted by Gasteiger charge is -2.20. The monoisotopic (exact) mass is 357 g/mol. The second-order valence-corrected chi connectivity index (χ2v) is 5.86. The number of aromatic nitrogens is 2. The quantitative estimate of drug-likeness (QED) is 0.873. The van der Waals surface area contributed by atoms with Crippen molar-refractivity contribution in [2.24, 2.45) is 0 Å². The average Bonchev–Trinajstić information content (AvgIpc) is 2.65. The van der Waals surface area contributed by atoms with Gasteiger partial charge < -0.3 is 14.8 Å². The minimum Gasteiger partial charge on any atom is -0.497 e. The van der Waals surface area contributed by atoms with Crippen LogP contribution in [0, 0.1) is 0 Å². The predicted octanol–water partition coefficient (Wildman–Crippen LogP) is 2.56. The van der Waals surface area contributed by atoms with E-state index in [1.54, 1.807) is 24.5 Å². The van der Waals surface area contributed by atoms with Crippen LogP contribution in [-0.4, -0.2) is 42.0 Å². The lowest BCUT2D eigenvalue weighted by Crippen LogP contribution is -2.27. The van der Waals surface area contributed by atoms with Gasteiger partial charge in [-0.05, 0) is 6.26 Å². The van der Waals surface area contributed by atoms with Gasteiger partial charge in [0.05, 0.1) is 19.1 Å². The maximum absolute atomic E-state index is 12.8. The molecule has 0 amide bonds. The van der Waals surface area contributed by atoms with E-state index < -0.39 is 0 Å². The summed E-state index contributed by atoms with van der Waals surface area (Å²) in [5.41, 5.74) is 0.848. The molecule has 1 aliphatic rings. The predicted molar refractivity (Wildman–Crippen MR) is 94.4 cm³/mol. The van der Waals surface area contributed by atoms with E-state index in [0.29, 0.717) is 22.1 Å². The molecule has 0 saturated heterocycles. The van der Waals surface area contributed by atoms with E-state index in [9.17, 15) is 9.59 Å². The number of anilines is 1. The number of methoxy groups -OCH3 is 2. The van der Waals surface area contributed by atoms with E-state index in [-0.39, 0.29) is 28.7 Å². The molecular weight excluding hydrogens is 342 g/mol. The largest absolute Gasteiger partial charge is 0.497 e. The maximum Gasteiger partial charge on any atom is 0.231 e. The fraction of sp³-hybridized carbons (Fsp3) is 0.176. The number of hydrogen-bond acceptors (Lipinski definition) is 8. The zero-order valence-corrected chi connectivity index (χ0v) is 14.6. The van der Waals surface area contributed by atoms with E-state index in [1.165, 1.54) is 38.4 Å². The molecule has 1 aliphatic carbocycles. The SMILES string of the molecule is COc1cc(NC2=C(SC)C(=O)c3nccnc3C2=O)cc(OC)c1. The number of hydrogen-bond donors (Lipinski definition) is 1. The fourth-order valence-corrected chi connectivity index (χ4v) is 3.08. The van der Waals surface area contributed by atoms with E-state index in [2.05, 4.69) is 15.3 Å². The topological polar surface area (TPSA) is 90.4 Å². The summed E-state index contributed by atoms with van der Waals surface area (Å²) < 4.78 is 10.5. The number of thioether (sulfide) groups is 1. The summed E-state index contributed by atoms with van der Waals surface area (Å²) in [4.78, 5) is 33.7. The molecule has 0 radical (unpaired) electrons. The van der Waals surface area contributed by atoms with Crippen LogP contribution in [-0.2, 0) is 0 Å². The number of carbonyl (C=O) groups is 2. The molecule has 25 heavy (non-hydrogen) atoms. The highest BCUT2D eigenvalue weighted by atomic mass is 32.2. The van der Waals surface area contributed by atoms with Gasteiger partial charge in [-0.1, -0.05) is 0 Å². The Morgan fingerprint density at radius 2 is 1.48 bits per heavy atom. The van der Waals surface area contributed by atoms with Gasteiger partial charge in [-0.3, -0.25) is 9.59 Å².